The molecule has 2 aromatic heterocycles. The van der Waals surface area contributed by atoms with Crippen LogP contribution in [-0.2, 0) is 11.3 Å². The lowest BCUT2D eigenvalue weighted by Gasteiger charge is -2.13. The van der Waals surface area contributed by atoms with E-state index in [-0.39, 0.29) is 17.1 Å². The summed E-state index contributed by atoms with van der Waals surface area (Å²) in [5.41, 5.74) is 1.90. The number of thiophene rings is 1. The van der Waals surface area contributed by atoms with E-state index in [9.17, 15) is 10.1 Å². The fourth-order valence-corrected chi connectivity index (χ4v) is 4.58. The second-order valence-electron chi connectivity index (χ2n) is 6.81. The standard InChI is InChI=1S/C23H19N5OS2/c1-27-11-9-18(10-12-27)19(14-24)20(29)16-31-23-26-25-22(21-8-5-13-30-21)28(23)15-17-6-3-2-4-7-17/h2-13H,15-16H2,1H3. The van der Waals surface area contributed by atoms with Crippen molar-refractivity contribution in [3.8, 4) is 16.8 Å². The average Bonchev–Trinajstić information content (AvgIpc) is 3.45. The van der Waals surface area contributed by atoms with Gasteiger partial charge in [0.25, 0.3) is 0 Å². The summed E-state index contributed by atoms with van der Waals surface area (Å²) in [6, 6.07) is 16.1. The van der Waals surface area contributed by atoms with Gasteiger partial charge in [0.05, 0.1) is 17.2 Å². The first-order valence-electron chi connectivity index (χ1n) is 9.55. The molecule has 8 heteroatoms. The van der Waals surface area contributed by atoms with Gasteiger partial charge in [-0.15, -0.1) is 21.5 Å². The molecule has 0 atom stereocenters. The Morgan fingerprint density at radius 1 is 1.13 bits per heavy atom. The molecule has 0 amide bonds. The van der Waals surface area contributed by atoms with Gasteiger partial charge >= 0.3 is 0 Å². The number of carbonyl (C=O) groups excluding carboxylic acids is 1. The van der Waals surface area contributed by atoms with Gasteiger partial charge in [-0.1, -0.05) is 48.2 Å². The molecule has 0 N–H and O–H groups in total. The Bertz CT molecular complexity index is 1180. The lowest BCUT2D eigenvalue weighted by atomic mass is 10.0. The van der Waals surface area contributed by atoms with E-state index in [2.05, 4.69) is 28.4 Å². The van der Waals surface area contributed by atoms with Crippen molar-refractivity contribution in [1.29, 1.82) is 5.26 Å². The zero-order valence-corrected chi connectivity index (χ0v) is 18.4. The molecule has 1 aliphatic heterocycles. The molecule has 4 rings (SSSR count). The number of allylic oxidation sites excluding steroid dienone is 4. The summed E-state index contributed by atoms with van der Waals surface area (Å²) in [7, 11) is 1.89. The number of nitriles is 1. The minimum atomic E-state index is -0.228. The normalized spacial score (nSPS) is 12.8. The highest BCUT2D eigenvalue weighted by molar-refractivity contribution is 7.99. The van der Waals surface area contributed by atoms with E-state index in [0.717, 1.165) is 16.3 Å². The summed E-state index contributed by atoms with van der Waals surface area (Å²) < 4.78 is 2.02. The van der Waals surface area contributed by atoms with Crippen molar-refractivity contribution in [3.63, 3.8) is 0 Å². The number of Topliss-reactive ketones (excluding diaryl/α,β-unsaturated/α-hetero) is 1. The largest absolute Gasteiger partial charge is 0.357 e. The SMILES string of the molecule is CN1C=CC(=C(C#N)C(=O)CSc2nnc(-c3cccs3)n2Cc2ccccc2)C=C1. The molecule has 0 fully saturated rings. The molecule has 0 saturated carbocycles. The number of hydrogen-bond donors (Lipinski definition) is 0. The number of benzene rings is 1. The van der Waals surface area contributed by atoms with Crippen molar-refractivity contribution in [3.05, 3.63) is 89.1 Å². The summed E-state index contributed by atoms with van der Waals surface area (Å²) in [5, 5.41) is 20.9. The number of thioether (sulfide) groups is 1. The van der Waals surface area contributed by atoms with Crippen molar-refractivity contribution >= 4 is 28.9 Å². The third-order valence-electron chi connectivity index (χ3n) is 4.63. The van der Waals surface area contributed by atoms with Crippen molar-refractivity contribution < 1.29 is 4.79 Å². The van der Waals surface area contributed by atoms with Gasteiger partial charge in [-0.05, 0) is 34.7 Å². The molecule has 0 spiro atoms. The van der Waals surface area contributed by atoms with Gasteiger partial charge in [0.1, 0.15) is 11.6 Å². The highest BCUT2D eigenvalue weighted by atomic mass is 32.2. The van der Waals surface area contributed by atoms with Crippen LogP contribution in [0, 0.1) is 11.3 Å². The number of aromatic nitrogens is 3. The highest BCUT2D eigenvalue weighted by Crippen LogP contribution is 2.28. The van der Waals surface area contributed by atoms with E-state index in [4.69, 9.17) is 0 Å². The van der Waals surface area contributed by atoms with Crippen LogP contribution in [0.1, 0.15) is 5.56 Å². The maximum atomic E-state index is 12.8. The Balaban J connectivity index is 1.58. The monoisotopic (exact) mass is 445 g/mol. The second-order valence-corrected chi connectivity index (χ2v) is 8.70. The Kier molecular flexibility index (Phi) is 6.46. The first kappa shape index (κ1) is 20.8. The van der Waals surface area contributed by atoms with E-state index in [1.807, 2.05) is 64.6 Å². The predicted octanol–water partition coefficient (Wildman–Crippen LogP) is 4.51. The van der Waals surface area contributed by atoms with Crippen LogP contribution >= 0.6 is 23.1 Å². The fraction of sp³-hybridized carbons (Fsp3) is 0.130. The lowest BCUT2D eigenvalue weighted by molar-refractivity contribution is -0.112. The minimum absolute atomic E-state index is 0.112. The molecule has 3 aromatic rings. The first-order valence-corrected chi connectivity index (χ1v) is 11.4. The molecule has 1 aromatic carbocycles. The smallest absolute Gasteiger partial charge is 0.192 e. The maximum absolute atomic E-state index is 12.8. The quantitative estimate of drug-likeness (QED) is 0.303. The van der Waals surface area contributed by atoms with Crippen LogP contribution in [0.3, 0.4) is 0 Å². The van der Waals surface area contributed by atoms with Crippen molar-refractivity contribution in [2.24, 2.45) is 0 Å². The van der Waals surface area contributed by atoms with Crippen LogP contribution in [0.5, 0.6) is 0 Å². The Hall–Kier alpha value is -3.41. The predicted molar refractivity (Wildman–Crippen MR) is 123 cm³/mol. The molecule has 0 radical (unpaired) electrons. The summed E-state index contributed by atoms with van der Waals surface area (Å²) in [6.07, 6.45) is 7.18. The van der Waals surface area contributed by atoms with E-state index < -0.39 is 0 Å². The molecule has 3 heterocycles. The summed E-state index contributed by atoms with van der Waals surface area (Å²) in [5.74, 6) is 0.656. The lowest BCUT2D eigenvalue weighted by Crippen LogP contribution is -2.11. The minimum Gasteiger partial charge on any atom is -0.357 e. The van der Waals surface area contributed by atoms with E-state index >= 15 is 0 Å². The van der Waals surface area contributed by atoms with Crippen LogP contribution in [0.4, 0.5) is 0 Å². The first-order chi connectivity index (χ1) is 15.2. The van der Waals surface area contributed by atoms with E-state index in [0.29, 0.717) is 17.3 Å². The molecule has 0 unspecified atom stereocenters. The van der Waals surface area contributed by atoms with Crippen LogP contribution in [0.2, 0.25) is 0 Å². The molecule has 0 aliphatic carbocycles. The maximum Gasteiger partial charge on any atom is 0.192 e. The molecule has 1 aliphatic rings. The van der Waals surface area contributed by atoms with E-state index in [1.165, 1.54) is 11.8 Å². The second kappa shape index (κ2) is 9.60. The molecular weight excluding hydrogens is 426 g/mol. The Morgan fingerprint density at radius 3 is 2.58 bits per heavy atom. The zero-order valence-electron chi connectivity index (χ0n) is 16.8. The van der Waals surface area contributed by atoms with E-state index in [1.54, 1.807) is 23.5 Å². The van der Waals surface area contributed by atoms with Gasteiger partial charge in [0.2, 0.25) is 0 Å². The Morgan fingerprint density at radius 2 is 1.90 bits per heavy atom. The van der Waals surface area contributed by atoms with Crippen LogP contribution in [0.15, 0.2) is 88.7 Å². The molecule has 0 bridgehead atoms. The van der Waals surface area contributed by atoms with Crippen molar-refractivity contribution in [1.82, 2.24) is 19.7 Å². The van der Waals surface area contributed by atoms with Crippen molar-refractivity contribution in [2.75, 3.05) is 12.8 Å². The number of nitrogens with zero attached hydrogens (tertiary/aromatic N) is 5. The summed E-state index contributed by atoms with van der Waals surface area (Å²) >= 11 is 2.90. The van der Waals surface area contributed by atoms with Gasteiger partial charge in [0, 0.05) is 19.4 Å². The number of ketones is 1. The van der Waals surface area contributed by atoms with Crippen LogP contribution in [-0.4, -0.2) is 38.2 Å². The van der Waals surface area contributed by atoms with Gasteiger partial charge in [-0.3, -0.25) is 9.36 Å². The fourth-order valence-electron chi connectivity index (χ4n) is 3.05. The third kappa shape index (κ3) is 4.85. The molecule has 6 nitrogen and oxygen atoms in total. The van der Waals surface area contributed by atoms with Gasteiger partial charge in [-0.2, -0.15) is 5.26 Å². The zero-order chi connectivity index (χ0) is 21.6. The van der Waals surface area contributed by atoms with Gasteiger partial charge < -0.3 is 4.90 Å². The molecular formula is C23H19N5OS2. The van der Waals surface area contributed by atoms with Crippen LogP contribution < -0.4 is 0 Å². The topological polar surface area (TPSA) is 74.8 Å². The molecule has 154 valence electrons. The van der Waals surface area contributed by atoms with Gasteiger partial charge in [0.15, 0.2) is 16.8 Å². The molecule has 31 heavy (non-hydrogen) atoms. The average molecular weight is 446 g/mol. The summed E-state index contributed by atoms with van der Waals surface area (Å²) in [4.78, 5) is 15.7. The highest BCUT2D eigenvalue weighted by Gasteiger charge is 2.19. The number of rotatable bonds is 7. The Labute approximate surface area is 188 Å². The third-order valence-corrected chi connectivity index (χ3v) is 6.46. The van der Waals surface area contributed by atoms with Crippen LogP contribution in [0.25, 0.3) is 10.7 Å². The number of carbonyl (C=O) groups is 1. The summed E-state index contributed by atoms with van der Waals surface area (Å²) in [6.45, 7) is 0.599. The van der Waals surface area contributed by atoms with Gasteiger partial charge in [-0.25, -0.2) is 0 Å². The van der Waals surface area contributed by atoms with Crippen molar-refractivity contribution in [2.45, 2.75) is 11.7 Å². The number of hydrogen-bond acceptors (Lipinski definition) is 7. The molecule has 0 saturated heterocycles.